The quantitative estimate of drug-likeness (QED) is 0.797. The van der Waals surface area contributed by atoms with Crippen molar-refractivity contribution in [2.75, 3.05) is 0 Å². The summed E-state index contributed by atoms with van der Waals surface area (Å²) in [5.41, 5.74) is -3.20. The van der Waals surface area contributed by atoms with Gasteiger partial charge < -0.3 is 5.11 Å². The molecule has 1 aromatic carbocycles. The van der Waals surface area contributed by atoms with Gasteiger partial charge >= 0.3 is 6.18 Å². The maximum atomic E-state index is 13.5. The lowest BCUT2D eigenvalue weighted by Gasteiger charge is -2.44. The van der Waals surface area contributed by atoms with Gasteiger partial charge in [0.2, 0.25) is 0 Å². The highest BCUT2D eigenvalue weighted by molar-refractivity contribution is 7.86. The van der Waals surface area contributed by atoms with Crippen LogP contribution in [-0.4, -0.2) is 19.8 Å². The first-order valence-corrected chi connectivity index (χ1v) is 8.47. The van der Waals surface area contributed by atoms with E-state index in [9.17, 15) is 26.9 Å². The summed E-state index contributed by atoms with van der Waals surface area (Å²) in [4.78, 5) is 0. The number of hydrogen-bond acceptors (Lipinski definition) is 2. The molecule has 122 valence electrons. The van der Waals surface area contributed by atoms with Crippen LogP contribution in [0.4, 0.5) is 17.6 Å². The van der Waals surface area contributed by atoms with Gasteiger partial charge in [-0.05, 0) is 49.4 Å². The number of aliphatic hydroxyl groups is 1. The second kappa shape index (κ2) is 5.30. The van der Waals surface area contributed by atoms with Gasteiger partial charge in [-0.1, -0.05) is 6.42 Å². The zero-order valence-corrected chi connectivity index (χ0v) is 12.5. The third kappa shape index (κ3) is 2.69. The zero-order valence-electron chi connectivity index (χ0n) is 11.7. The Morgan fingerprint density at radius 1 is 1.18 bits per heavy atom. The second-order valence-electron chi connectivity index (χ2n) is 6.13. The summed E-state index contributed by atoms with van der Waals surface area (Å²) < 4.78 is 65.2. The monoisotopic (exact) mass is 336 g/mol. The maximum Gasteiger partial charge on any atom is 0.416 e. The fraction of sp³-hybridized carbons (Fsp3) is 0.600. The third-order valence-corrected chi connectivity index (χ3v) is 6.75. The van der Waals surface area contributed by atoms with Crippen LogP contribution in [0, 0.1) is 5.82 Å². The molecule has 2 aliphatic heterocycles. The van der Waals surface area contributed by atoms with E-state index in [1.807, 2.05) is 0 Å². The van der Waals surface area contributed by atoms with Crippen molar-refractivity contribution in [1.82, 2.24) is 0 Å². The first-order chi connectivity index (χ1) is 10.2. The lowest BCUT2D eigenvalue weighted by Crippen LogP contribution is -2.48. The molecule has 2 aliphatic rings. The average Bonchev–Trinajstić information content (AvgIpc) is 2.39. The average molecular weight is 336 g/mol. The van der Waals surface area contributed by atoms with Crippen LogP contribution in [0.3, 0.4) is 0 Å². The molecule has 2 heterocycles. The Labute approximate surface area is 128 Å². The molecule has 3 rings (SSSR count). The predicted octanol–water partition coefficient (Wildman–Crippen LogP) is 3.50. The predicted molar refractivity (Wildman–Crippen MR) is 74.1 cm³/mol. The molecule has 7 heteroatoms. The van der Waals surface area contributed by atoms with E-state index in [1.54, 1.807) is 0 Å². The van der Waals surface area contributed by atoms with E-state index in [-0.39, 0.29) is 23.3 Å². The largest absolute Gasteiger partial charge is 0.416 e. The molecule has 2 unspecified atom stereocenters. The second-order valence-corrected chi connectivity index (χ2v) is 8.12. The molecule has 0 radical (unpaired) electrons. The van der Waals surface area contributed by atoms with E-state index >= 15 is 0 Å². The van der Waals surface area contributed by atoms with Gasteiger partial charge in [0.15, 0.2) is 0 Å². The van der Waals surface area contributed by atoms with Crippen molar-refractivity contribution in [3.05, 3.63) is 35.1 Å². The van der Waals surface area contributed by atoms with Crippen LogP contribution < -0.4 is 0 Å². The lowest BCUT2D eigenvalue weighted by atomic mass is 9.78. The van der Waals surface area contributed by atoms with Gasteiger partial charge in [0.1, 0.15) is 5.82 Å². The fourth-order valence-corrected chi connectivity index (χ4v) is 5.87. The van der Waals surface area contributed by atoms with Gasteiger partial charge in [-0.2, -0.15) is 13.2 Å². The minimum atomic E-state index is -4.66. The van der Waals surface area contributed by atoms with Crippen molar-refractivity contribution in [3.8, 4) is 0 Å². The van der Waals surface area contributed by atoms with Crippen LogP contribution in [-0.2, 0) is 22.6 Å². The first-order valence-electron chi connectivity index (χ1n) is 7.20. The SMILES string of the molecule is O=S1C2CCCC1CC(O)(c1cc(F)ccc1C(F)(F)F)C2. The van der Waals surface area contributed by atoms with Crippen molar-refractivity contribution in [1.29, 1.82) is 0 Å². The summed E-state index contributed by atoms with van der Waals surface area (Å²) in [6.45, 7) is 0. The molecule has 0 amide bonds. The van der Waals surface area contributed by atoms with Gasteiger partial charge in [-0.25, -0.2) is 4.39 Å². The summed E-state index contributed by atoms with van der Waals surface area (Å²) in [5, 5.41) is 10.2. The highest BCUT2D eigenvalue weighted by atomic mass is 32.2. The molecule has 0 aliphatic carbocycles. The van der Waals surface area contributed by atoms with E-state index < -0.39 is 39.5 Å². The Kier molecular flexibility index (Phi) is 3.84. The summed E-state index contributed by atoms with van der Waals surface area (Å²) in [5.74, 6) is -0.812. The minimum Gasteiger partial charge on any atom is -0.385 e. The van der Waals surface area contributed by atoms with E-state index in [2.05, 4.69) is 0 Å². The van der Waals surface area contributed by atoms with Crippen molar-refractivity contribution >= 4 is 10.8 Å². The van der Waals surface area contributed by atoms with E-state index in [0.29, 0.717) is 18.9 Å². The molecule has 1 N–H and O–H groups in total. The van der Waals surface area contributed by atoms with Gasteiger partial charge in [-0.15, -0.1) is 0 Å². The maximum absolute atomic E-state index is 13.5. The number of fused-ring (bicyclic) bond motifs is 2. The molecule has 0 saturated carbocycles. The number of hydrogen-bond donors (Lipinski definition) is 1. The molecule has 2 saturated heterocycles. The Balaban J connectivity index is 2.07. The summed E-state index contributed by atoms with van der Waals surface area (Å²) >= 11 is 0. The topological polar surface area (TPSA) is 37.3 Å². The van der Waals surface area contributed by atoms with Gasteiger partial charge in [-0.3, -0.25) is 4.21 Å². The standard InChI is InChI=1S/C15H16F4O2S/c16-9-4-5-12(15(17,18)19)13(6-9)14(20)7-10-2-1-3-11(8-14)22(10)21/h4-6,10-11,20H,1-3,7-8H2. The summed E-state index contributed by atoms with van der Waals surface area (Å²) in [6.07, 6.45) is -2.56. The molecular weight excluding hydrogens is 320 g/mol. The molecule has 0 spiro atoms. The Morgan fingerprint density at radius 3 is 2.32 bits per heavy atom. The Bertz CT molecular complexity index is 598. The van der Waals surface area contributed by atoms with Crippen molar-refractivity contribution < 1.29 is 26.9 Å². The minimum absolute atomic E-state index is 0.0113. The lowest BCUT2D eigenvalue weighted by molar-refractivity contribution is -0.141. The molecular formula is C15H16F4O2S. The van der Waals surface area contributed by atoms with Gasteiger partial charge in [0.25, 0.3) is 0 Å². The summed E-state index contributed by atoms with van der Waals surface area (Å²) in [7, 11) is -1.12. The van der Waals surface area contributed by atoms with Crippen molar-refractivity contribution in [2.24, 2.45) is 0 Å². The smallest absolute Gasteiger partial charge is 0.385 e. The molecule has 2 bridgehead atoms. The normalized spacial score (nSPS) is 35.4. The molecule has 22 heavy (non-hydrogen) atoms. The molecule has 2 fully saturated rings. The third-order valence-electron chi connectivity index (χ3n) is 4.63. The van der Waals surface area contributed by atoms with Crippen LogP contribution in [0.25, 0.3) is 0 Å². The molecule has 0 aromatic heterocycles. The van der Waals surface area contributed by atoms with Crippen LogP contribution in [0.1, 0.15) is 43.2 Å². The molecule has 1 aromatic rings. The van der Waals surface area contributed by atoms with Gasteiger partial charge in [0.05, 0.1) is 11.2 Å². The van der Waals surface area contributed by atoms with Crippen LogP contribution in [0.2, 0.25) is 0 Å². The summed E-state index contributed by atoms with van der Waals surface area (Å²) in [6, 6.07) is 2.19. The highest BCUT2D eigenvalue weighted by Crippen LogP contribution is 2.47. The van der Waals surface area contributed by atoms with Crippen molar-refractivity contribution in [2.45, 2.75) is 54.4 Å². The van der Waals surface area contributed by atoms with E-state index in [4.69, 9.17) is 0 Å². The zero-order chi connectivity index (χ0) is 16.1. The Morgan fingerprint density at radius 2 is 1.77 bits per heavy atom. The van der Waals surface area contributed by atoms with Gasteiger partial charge in [0, 0.05) is 21.3 Å². The van der Waals surface area contributed by atoms with E-state index in [0.717, 1.165) is 18.6 Å². The molecule has 2 nitrogen and oxygen atoms in total. The number of rotatable bonds is 1. The van der Waals surface area contributed by atoms with E-state index in [1.165, 1.54) is 0 Å². The molecule has 2 atom stereocenters. The van der Waals surface area contributed by atoms with Crippen LogP contribution in [0.15, 0.2) is 18.2 Å². The van der Waals surface area contributed by atoms with Crippen molar-refractivity contribution in [3.63, 3.8) is 0 Å². The number of benzene rings is 1. The van der Waals surface area contributed by atoms with Crippen LogP contribution in [0.5, 0.6) is 0 Å². The first kappa shape index (κ1) is 15.9. The number of alkyl halides is 3. The Hall–Kier alpha value is -0.950. The highest BCUT2D eigenvalue weighted by Gasteiger charge is 2.49. The number of halogens is 4. The fourth-order valence-electron chi connectivity index (χ4n) is 3.65. The van der Waals surface area contributed by atoms with Crippen LogP contribution >= 0.6 is 0 Å².